The topological polar surface area (TPSA) is 61.3 Å². The lowest BCUT2D eigenvalue weighted by Gasteiger charge is -2.09. The number of hydrogen-bond donors (Lipinski definition) is 2. The maximum absolute atomic E-state index is 5.68. The van der Waals surface area contributed by atoms with E-state index in [2.05, 4.69) is 13.8 Å². The molecular formula is C16H22N2O. The number of para-hydroxylation sites is 3. The molecule has 0 unspecified atom stereocenters. The molecule has 2 aromatic rings. The zero-order valence-corrected chi connectivity index (χ0v) is 11.5. The fourth-order valence-corrected chi connectivity index (χ4v) is 1.32. The molecule has 0 amide bonds. The molecule has 3 nitrogen and oxygen atoms in total. The van der Waals surface area contributed by atoms with Crippen LogP contribution in [0.3, 0.4) is 0 Å². The minimum Gasteiger partial charge on any atom is -0.491 e. The van der Waals surface area contributed by atoms with Crippen molar-refractivity contribution in [2.45, 2.75) is 13.8 Å². The summed E-state index contributed by atoms with van der Waals surface area (Å²) in [6.45, 7) is 4.94. The molecule has 0 aromatic heterocycles. The van der Waals surface area contributed by atoms with E-state index in [1.54, 1.807) is 0 Å². The number of nitrogens with two attached hydrogens (primary N) is 2. The lowest BCUT2D eigenvalue weighted by atomic mass is 10.2. The summed E-state index contributed by atoms with van der Waals surface area (Å²) in [6.07, 6.45) is 0. The number of anilines is 2. The van der Waals surface area contributed by atoms with Gasteiger partial charge in [0.15, 0.2) is 0 Å². The molecule has 2 aromatic carbocycles. The summed E-state index contributed by atoms with van der Waals surface area (Å²) in [5.74, 6) is 1.32. The van der Waals surface area contributed by atoms with Crippen LogP contribution in [0.1, 0.15) is 13.8 Å². The van der Waals surface area contributed by atoms with Gasteiger partial charge in [0.1, 0.15) is 5.75 Å². The first-order valence-corrected chi connectivity index (χ1v) is 6.37. The Balaban J connectivity index is 0.000000218. The van der Waals surface area contributed by atoms with E-state index >= 15 is 0 Å². The highest BCUT2D eigenvalue weighted by Crippen LogP contribution is 2.20. The van der Waals surface area contributed by atoms with Gasteiger partial charge in [-0.3, -0.25) is 0 Å². The van der Waals surface area contributed by atoms with Crippen LogP contribution in [0.15, 0.2) is 54.6 Å². The van der Waals surface area contributed by atoms with E-state index < -0.39 is 0 Å². The monoisotopic (exact) mass is 258 g/mol. The van der Waals surface area contributed by atoms with Crippen LogP contribution in [0.2, 0.25) is 0 Å². The van der Waals surface area contributed by atoms with Crippen molar-refractivity contribution in [2.75, 3.05) is 18.1 Å². The molecule has 0 atom stereocenters. The Kier molecular flexibility index (Phi) is 6.30. The Bertz CT molecular complexity index is 469. The van der Waals surface area contributed by atoms with Crippen molar-refractivity contribution in [3.8, 4) is 5.75 Å². The Morgan fingerprint density at radius 2 is 1.47 bits per heavy atom. The largest absolute Gasteiger partial charge is 0.491 e. The average molecular weight is 258 g/mol. The quantitative estimate of drug-likeness (QED) is 0.827. The molecule has 0 fully saturated rings. The van der Waals surface area contributed by atoms with E-state index in [1.165, 1.54) is 0 Å². The lowest BCUT2D eigenvalue weighted by molar-refractivity contribution is 0.272. The Morgan fingerprint density at radius 3 is 1.95 bits per heavy atom. The molecule has 102 valence electrons. The smallest absolute Gasteiger partial charge is 0.142 e. The summed E-state index contributed by atoms with van der Waals surface area (Å²) in [5, 5.41) is 0. The minimum absolute atomic E-state index is 0.532. The van der Waals surface area contributed by atoms with E-state index in [9.17, 15) is 0 Å². The van der Waals surface area contributed by atoms with Gasteiger partial charge in [0, 0.05) is 5.69 Å². The number of rotatable bonds is 3. The van der Waals surface area contributed by atoms with Crippen molar-refractivity contribution >= 4 is 11.4 Å². The Labute approximate surface area is 115 Å². The minimum atomic E-state index is 0.532. The van der Waals surface area contributed by atoms with Crippen LogP contribution in [0.4, 0.5) is 11.4 Å². The lowest BCUT2D eigenvalue weighted by Crippen LogP contribution is -2.05. The first-order chi connectivity index (χ1) is 9.09. The van der Waals surface area contributed by atoms with Crippen LogP contribution in [-0.2, 0) is 0 Å². The fraction of sp³-hybridized carbons (Fsp3) is 0.250. The number of ether oxygens (including phenoxy) is 1. The zero-order chi connectivity index (χ0) is 14.1. The summed E-state index contributed by atoms with van der Waals surface area (Å²) < 4.78 is 5.47. The third-order valence-corrected chi connectivity index (χ3v) is 2.29. The molecule has 0 spiro atoms. The molecule has 19 heavy (non-hydrogen) atoms. The van der Waals surface area contributed by atoms with Crippen LogP contribution >= 0.6 is 0 Å². The van der Waals surface area contributed by atoms with Gasteiger partial charge in [-0.15, -0.1) is 0 Å². The molecule has 2 rings (SSSR count). The standard InChI is InChI=1S/C10H15NO.C6H7N/c1-8(2)7-12-10-6-4-3-5-9(10)11;7-6-4-2-1-3-5-6/h3-6,8H,7,11H2,1-2H3;1-5H,7H2. The highest BCUT2D eigenvalue weighted by Gasteiger charge is 1.99. The first kappa shape index (κ1) is 14.9. The number of nitrogen functional groups attached to an aromatic ring is 2. The predicted molar refractivity (Wildman–Crippen MR) is 82.0 cm³/mol. The Hall–Kier alpha value is -2.16. The molecule has 0 bridgehead atoms. The summed E-state index contributed by atoms with van der Waals surface area (Å²) in [7, 11) is 0. The predicted octanol–water partition coefficient (Wildman–Crippen LogP) is 3.57. The van der Waals surface area contributed by atoms with Gasteiger partial charge in [-0.2, -0.15) is 0 Å². The van der Waals surface area contributed by atoms with Gasteiger partial charge in [0.25, 0.3) is 0 Å². The molecule has 0 heterocycles. The SMILES string of the molecule is CC(C)COc1ccccc1N.Nc1ccccc1. The first-order valence-electron chi connectivity index (χ1n) is 6.37. The summed E-state index contributed by atoms with van der Waals surface area (Å²) in [6, 6.07) is 17.0. The maximum atomic E-state index is 5.68. The Morgan fingerprint density at radius 1 is 0.895 bits per heavy atom. The second kappa shape index (κ2) is 8.03. The molecular weight excluding hydrogens is 236 g/mol. The van der Waals surface area contributed by atoms with Crippen LogP contribution in [0.5, 0.6) is 5.75 Å². The van der Waals surface area contributed by atoms with Gasteiger partial charge in [0.2, 0.25) is 0 Å². The second-order valence-electron chi connectivity index (χ2n) is 4.65. The van der Waals surface area contributed by atoms with Gasteiger partial charge < -0.3 is 16.2 Å². The summed E-state index contributed by atoms with van der Waals surface area (Å²) >= 11 is 0. The fourth-order valence-electron chi connectivity index (χ4n) is 1.32. The highest BCUT2D eigenvalue weighted by molar-refractivity contribution is 5.51. The molecule has 0 saturated heterocycles. The normalized spacial score (nSPS) is 9.63. The van der Waals surface area contributed by atoms with E-state index in [-0.39, 0.29) is 0 Å². The molecule has 4 N–H and O–H groups in total. The van der Waals surface area contributed by atoms with Crippen molar-refractivity contribution in [2.24, 2.45) is 5.92 Å². The average Bonchev–Trinajstić information content (AvgIpc) is 2.39. The van der Waals surface area contributed by atoms with Crippen LogP contribution in [0, 0.1) is 5.92 Å². The molecule has 0 aliphatic heterocycles. The zero-order valence-electron chi connectivity index (χ0n) is 11.5. The highest BCUT2D eigenvalue weighted by atomic mass is 16.5. The molecule has 0 saturated carbocycles. The van der Waals surface area contributed by atoms with Gasteiger partial charge in [0.05, 0.1) is 12.3 Å². The van der Waals surface area contributed by atoms with Crippen LogP contribution in [0.25, 0.3) is 0 Å². The molecule has 0 aliphatic rings. The van der Waals surface area contributed by atoms with E-state index in [1.807, 2.05) is 54.6 Å². The van der Waals surface area contributed by atoms with E-state index in [4.69, 9.17) is 16.2 Å². The maximum Gasteiger partial charge on any atom is 0.142 e. The van der Waals surface area contributed by atoms with Gasteiger partial charge in [-0.25, -0.2) is 0 Å². The van der Waals surface area contributed by atoms with E-state index in [0.717, 1.165) is 11.4 Å². The third-order valence-electron chi connectivity index (χ3n) is 2.29. The summed E-state index contributed by atoms with van der Waals surface area (Å²) in [5.41, 5.74) is 12.6. The summed E-state index contributed by atoms with van der Waals surface area (Å²) in [4.78, 5) is 0. The number of benzene rings is 2. The van der Waals surface area contributed by atoms with Crippen molar-refractivity contribution in [3.63, 3.8) is 0 Å². The van der Waals surface area contributed by atoms with Crippen molar-refractivity contribution in [1.29, 1.82) is 0 Å². The molecule has 0 aliphatic carbocycles. The van der Waals surface area contributed by atoms with E-state index in [0.29, 0.717) is 18.2 Å². The van der Waals surface area contributed by atoms with Gasteiger partial charge >= 0.3 is 0 Å². The molecule has 3 heteroatoms. The second-order valence-corrected chi connectivity index (χ2v) is 4.65. The molecule has 0 radical (unpaired) electrons. The van der Waals surface area contributed by atoms with Crippen molar-refractivity contribution in [3.05, 3.63) is 54.6 Å². The van der Waals surface area contributed by atoms with Gasteiger partial charge in [-0.05, 0) is 30.2 Å². The van der Waals surface area contributed by atoms with Crippen LogP contribution in [-0.4, -0.2) is 6.61 Å². The van der Waals surface area contributed by atoms with Crippen LogP contribution < -0.4 is 16.2 Å². The van der Waals surface area contributed by atoms with Gasteiger partial charge in [-0.1, -0.05) is 44.2 Å². The van der Waals surface area contributed by atoms with Crippen molar-refractivity contribution in [1.82, 2.24) is 0 Å². The number of hydrogen-bond acceptors (Lipinski definition) is 3. The van der Waals surface area contributed by atoms with Crippen molar-refractivity contribution < 1.29 is 4.74 Å². The third kappa shape index (κ3) is 6.36.